The molecule has 0 amide bonds. The molecule has 0 aromatic carbocycles. The molecule has 0 bridgehead atoms. The predicted molar refractivity (Wildman–Crippen MR) is 49.4 cm³/mol. The number of aromatic nitrogens is 2. The van der Waals surface area contributed by atoms with E-state index in [-0.39, 0.29) is 5.82 Å². The van der Waals surface area contributed by atoms with Gasteiger partial charge in [0, 0.05) is 18.0 Å². The summed E-state index contributed by atoms with van der Waals surface area (Å²) in [5.41, 5.74) is 2.89. The monoisotopic (exact) mass is 178 g/mol. The summed E-state index contributed by atoms with van der Waals surface area (Å²) in [6.07, 6.45) is 3.62. The molecule has 2 rings (SSSR count). The lowest BCUT2D eigenvalue weighted by atomic mass is 10.3. The summed E-state index contributed by atoms with van der Waals surface area (Å²) in [7, 11) is 0. The number of halogens is 1. The fourth-order valence-corrected chi connectivity index (χ4v) is 1.63. The van der Waals surface area contributed by atoms with Gasteiger partial charge < -0.3 is 4.40 Å². The van der Waals surface area contributed by atoms with E-state index in [1.807, 2.05) is 20.0 Å². The van der Waals surface area contributed by atoms with E-state index >= 15 is 0 Å². The summed E-state index contributed by atoms with van der Waals surface area (Å²) in [6, 6.07) is 0. The van der Waals surface area contributed by atoms with Gasteiger partial charge in [0.15, 0.2) is 5.82 Å². The van der Waals surface area contributed by atoms with Crippen molar-refractivity contribution < 1.29 is 4.39 Å². The zero-order valence-electron chi connectivity index (χ0n) is 7.93. The maximum absolute atomic E-state index is 13.5. The van der Waals surface area contributed by atoms with Crippen LogP contribution in [0.5, 0.6) is 0 Å². The predicted octanol–water partition coefficient (Wildman–Crippen LogP) is 2.40. The van der Waals surface area contributed by atoms with Gasteiger partial charge in [0.05, 0.1) is 11.4 Å². The van der Waals surface area contributed by atoms with Crippen LogP contribution in [0.15, 0.2) is 12.4 Å². The van der Waals surface area contributed by atoms with Gasteiger partial charge in [-0.25, -0.2) is 4.39 Å². The minimum atomic E-state index is -0.162. The second-order valence-electron chi connectivity index (χ2n) is 3.35. The van der Waals surface area contributed by atoms with E-state index in [1.165, 1.54) is 0 Å². The van der Waals surface area contributed by atoms with E-state index in [0.717, 1.165) is 11.4 Å². The highest BCUT2D eigenvalue weighted by Gasteiger charge is 2.09. The summed E-state index contributed by atoms with van der Waals surface area (Å²) < 4.78 is 15.3. The molecule has 13 heavy (non-hydrogen) atoms. The highest BCUT2D eigenvalue weighted by atomic mass is 19.1. The van der Waals surface area contributed by atoms with Crippen LogP contribution in [0.1, 0.15) is 17.0 Å². The Morgan fingerprint density at radius 2 is 1.92 bits per heavy atom. The lowest BCUT2D eigenvalue weighted by Crippen LogP contribution is -1.93. The summed E-state index contributed by atoms with van der Waals surface area (Å²) in [6.45, 7) is 5.49. The molecule has 0 saturated carbocycles. The second kappa shape index (κ2) is 2.55. The van der Waals surface area contributed by atoms with Crippen LogP contribution in [0.2, 0.25) is 0 Å². The Morgan fingerprint density at radius 1 is 1.23 bits per heavy atom. The van der Waals surface area contributed by atoms with Crippen molar-refractivity contribution in [2.24, 2.45) is 0 Å². The van der Waals surface area contributed by atoms with Crippen molar-refractivity contribution in [3.8, 4) is 0 Å². The SMILES string of the molecule is Cc1cn2cc(C)c(F)c2c(C)n1. The van der Waals surface area contributed by atoms with E-state index < -0.39 is 0 Å². The highest BCUT2D eigenvalue weighted by molar-refractivity contribution is 5.56. The molecule has 2 aromatic heterocycles. The van der Waals surface area contributed by atoms with E-state index in [4.69, 9.17) is 0 Å². The van der Waals surface area contributed by atoms with Gasteiger partial charge in [-0.15, -0.1) is 0 Å². The lowest BCUT2D eigenvalue weighted by molar-refractivity contribution is 0.631. The molecule has 0 unspecified atom stereocenters. The first-order valence-electron chi connectivity index (χ1n) is 4.20. The van der Waals surface area contributed by atoms with Gasteiger partial charge in [0.25, 0.3) is 0 Å². The van der Waals surface area contributed by atoms with Gasteiger partial charge in [-0.1, -0.05) is 0 Å². The Bertz CT molecular complexity index is 471. The molecule has 2 aromatic rings. The van der Waals surface area contributed by atoms with E-state index in [0.29, 0.717) is 11.1 Å². The summed E-state index contributed by atoms with van der Waals surface area (Å²) in [5.74, 6) is -0.162. The highest BCUT2D eigenvalue weighted by Crippen LogP contribution is 2.18. The minimum Gasteiger partial charge on any atom is -0.318 e. The number of rotatable bonds is 0. The average Bonchev–Trinajstić information content (AvgIpc) is 2.27. The molecule has 0 spiro atoms. The van der Waals surface area contributed by atoms with Crippen molar-refractivity contribution in [2.45, 2.75) is 20.8 Å². The van der Waals surface area contributed by atoms with Crippen LogP contribution in [0.25, 0.3) is 5.52 Å². The summed E-state index contributed by atoms with van der Waals surface area (Å²) in [5, 5.41) is 0. The fourth-order valence-electron chi connectivity index (χ4n) is 1.63. The van der Waals surface area contributed by atoms with Crippen LogP contribution in [0.4, 0.5) is 4.39 Å². The van der Waals surface area contributed by atoms with E-state index in [1.54, 1.807) is 17.5 Å². The molecular formula is C10H11FN2. The van der Waals surface area contributed by atoms with Gasteiger partial charge in [0.2, 0.25) is 0 Å². The molecule has 2 heterocycles. The maximum atomic E-state index is 13.5. The van der Waals surface area contributed by atoms with E-state index in [2.05, 4.69) is 4.98 Å². The molecule has 0 aliphatic heterocycles. The van der Waals surface area contributed by atoms with Gasteiger partial charge in [-0.2, -0.15) is 0 Å². The Kier molecular flexibility index (Phi) is 1.62. The normalized spacial score (nSPS) is 11.1. The van der Waals surface area contributed by atoms with Gasteiger partial charge in [-0.3, -0.25) is 4.98 Å². The number of hydrogen-bond acceptors (Lipinski definition) is 1. The first-order valence-corrected chi connectivity index (χ1v) is 4.20. The average molecular weight is 178 g/mol. The van der Waals surface area contributed by atoms with Crippen LogP contribution < -0.4 is 0 Å². The van der Waals surface area contributed by atoms with Crippen LogP contribution in [0.3, 0.4) is 0 Å². The molecular weight excluding hydrogens is 167 g/mol. The Hall–Kier alpha value is -1.38. The smallest absolute Gasteiger partial charge is 0.153 e. The number of aryl methyl sites for hydroxylation is 3. The van der Waals surface area contributed by atoms with Crippen LogP contribution in [-0.2, 0) is 0 Å². The molecule has 0 aliphatic carbocycles. The third kappa shape index (κ3) is 1.11. The second-order valence-corrected chi connectivity index (χ2v) is 3.35. The standard InChI is InChI=1S/C10H11FN2/c1-6-4-13-5-7(2)12-8(3)10(13)9(6)11/h4-5H,1-3H3. The van der Waals surface area contributed by atoms with Crippen molar-refractivity contribution in [1.29, 1.82) is 0 Å². The topological polar surface area (TPSA) is 17.3 Å². The lowest BCUT2D eigenvalue weighted by Gasteiger charge is -2.00. The van der Waals surface area contributed by atoms with Crippen LogP contribution in [0, 0.1) is 26.6 Å². The van der Waals surface area contributed by atoms with Crippen molar-refractivity contribution in [3.63, 3.8) is 0 Å². The van der Waals surface area contributed by atoms with Crippen molar-refractivity contribution >= 4 is 5.52 Å². The Labute approximate surface area is 76.0 Å². The van der Waals surface area contributed by atoms with Gasteiger partial charge in [-0.05, 0) is 20.8 Å². The molecule has 0 atom stereocenters. The fraction of sp³-hybridized carbons (Fsp3) is 0.300. The zero-order chi connectivity index (χ0) is 9.59. The molecule has 3 heteroatoms. The molecule has 0 N–H and O–H groups in total. The number of fused-ring (bicyclic) bond motifs is 1. The van der Waals surface area contributed by atoms with Crippen molar-refractivity contribution in [2.75, 3.05) is 0 Å². The molecule has 0 aliphatic rings. The molecule has 2 nitrogen and oxygen atoms in total. The van der Waals surface area contributed by atoms with Crippen LogP contribution in [-0.4, -0.2) is 9.38 Å². The third-order valence-corrected chi connectivity index (χ3v) is 2.16. The Morgan fingerprint density at radius 3 is 2.62 bits per heavy atom. The minimum absolute atomic E-state index is 0.162. The summed E-state index contributed by atoms with van der Waals surface area (Å²) >= 11 is 0. The maximum Gasteiger partial charge on any atom is 0.153 e. The van der Waals surface area contributed by atoms with Gasteiger partial charge >= 0.3 is 0 Å². The first-order chi connectivity index (χ1) is 6.09. The molecule has 68 valence electrons. The van der Waals surface area contributed by atoms with E-state index in [9.17, 15) is 4.39 Å². The first kappa shape index (κ1) is 8.23. The quantitative estimate of drug-likeness (QED) is 0.605. The third-order valence-electron chi connectivity index (χ3n) is 2.16. The van der Waals surface area contributed by atoms with Crippen LogP contribution >= 0.6 is 0 Å². The molecule has 0 radical (unpaired) electrons. The zero-order valence-corrected chi connectivity index (χ0v) is 7.93. The Balaban J connectivity index is 2.94. The van der Waals surface area contributed by atoms with Crippen molar-refractivity contribution in [3.05, 3.63) is 35.2 Å². The summed E-state index contributed by atoms with van der Waals surface area (Å²) in [4.78, 5) is 4.22. The molecule has 0 fully saturated rings. The van der Waals surface area contributed by atoms with Gasteiger partial charge in [0.1, 0.15) is 5.52 Å². The number of hydrogen-bond donors (Lipinski definition) is 0. The molecule has 0 saturated heterocycles. The van der Waals surface area contributed by atoms with Crippen molar-refractivity contribution in [1.82, 2.24) is 9.38 Å². The number of nitrogens with zero attached hydrogens (tertiary/aromatic N) is 2. The largest absolute Gasteiger partial charge is 0.318 e.